The van der Waals surface area contributed by atoms with Crippen LogP contribution in [0.15, 0.2) is 48.5 Å². The maximum Gasteiger partial charge on any atom is 0.123 e. The summed E-state index contributed by atoms with van der Waals surface area (Å²) in [6.45, 7) is 3.13. The van der Waals surface area contributed by atoms with Gasteiger partial charge < -0.3 is 4.57 Å². The topological polar surface area (TPSA) is 21.1 Å². The standard InChI is InChI=1S/C20H22ClN3/c1-23-19(22-18-9-5-8-17(21)20(18)23)14-24-12-10-16(11-13-24)15-6-3-2-4-7-15/h2-9,16H,10-14H2,1H3. The number of para-hydroxylation sites is 1. The van der Waals surface area contributed by atoms with Gasteiger partial charge in [-0.05, 0) is 49.5 Å². The van der Waals surface area contributed by atoms with Crippen LogP contribution in [-0.4, -0.2) is 27.5 Å². The molecule has 0 bridgehead atoms. The smallest absolute Gasteiger partial charge is 0.123 e. The molecule has 1 aliphatic heterocycles. The minimum atomic E-state index is 0.692. The fourth-order valence-electron chi connectivity index (χ4n) is 3.76. The van der Waals surface area contributed by atoms with Crippen molar-refractivity contribution in [3.05, 3.63) is 64.9 Å². The van der Waals surface area contributed by atoms with Gasteiger partial charge in [0.05, 0.1) is 22.6 Å². The van der Waals surface area contributed by atoms with Crippen LogP contribution in [0, 0.1) is 0 Å². The Hall–Kier alpha value is -1.84. The first-order chi connectivity index (χ1) is 11.7. The molecule has 0 amide bonds. The largest absolute Gasteiger partial charge is 0.329 e. The molecule has 24 heavy (non-hydrogen) atoms. The zero-order chi connectivity index (χ0) is 16.5. The summed E-state index contributed by atoms with van der Waals surface area (Å²) in [7, 11) is 2.06. The maximum atomic E-state index is 6.33. The normalized spacial score (nSPS) is 16.8. The van der Waals surface area contributed by atoms with E-state index in [9.17, 15) is 0 Å². The van der Waals surface area contributed by atoms with Crippen LogP contribution in [0.3, 0.4) is 0 Å². The summed E-state index contributed by atoms with van der Waals surface area (Å²) in [5, 5.41) is 0.775. The third-order valence-corrected chi connectivity index (χ3v) is 5.47. The SMILES string of the molecule is Cn1c(CN2CCC(c3ccccc3)CC2)nc2cccc(Cl)c21. The number of benzene rings is 2. The average molecular weight is 340 g/mol. The molecule has 0 spiro atoms. The number of nitrogens with zero attached hydrogens (tertiary/aromatic N) is 3. The second-order valence-electron chi connectivity index (χ2n) is 6.66. The van der Waals surface area contributed by atoms with Gasteiger partial charge in [-0.15, -0.1) is 0 Å². The Bertz CT molecular complexity index is 833. The van der Waals surface area contributed by atoms with Crippen LogP contribution in [0.4, 0.5) is 0 Å². The van der Waals surface area contributed by atoms with Gasteiger partial charge in [-0.3, -0.25) is 4.90 Å². The molecule has 0 atom stereocenters. The van der Waals surface area contributed by atoms with Gasteiger partial charge in [0.1, 0.15) is 5.82 Å². The molecule has 2 heterocycles. The average Bonchev–Trinajstić information content (AvgIpc) is 2.93. The van der Waals surface area contributed by atoms with E-state index in [4.69, 9.17) is 16.6 Å². The highest BCUT2D eigenvalue weighted by molar-refractivity contribution is 6.35. The highest BCUT2D eigenvalue weighted by Crippen LogP contribution is 2.29. The molecule has 1 saturated heterocycles. The Kier molecular flexibility index (Phi) is 4.30. The van der Waals surface area contributed by atoms with Crippen molar-refractivity contribution in [2.24, 2.45) is 7.05 Å². The Morgan fingerprint density at radius 3 is 2.50 bits per heavy atom. The Morgan fingerprint density at radius 1 is 1.04 bits per heavy atom. The van der Waals surface area contributed by atoms with Crippen molar-refractivity contribution in [3.63, 3.8) is 0 Å². The van der Waals surface area contributed by atoms with Crippen molar-refractivity contribution >= 4 is 22.6 Å². The molecule has 0 N–H and O–H groups in total. The molecule has 3 aromatic rings. The van der Waals surface area contributed by atoms with Crippen LogP contribution in [0.5, 0.6) is 0 Å². The maximum absolute atomic E-state index is 6.33. The van der Waals surface area contributed by atoms with E-state index in [1.165, 1.54) is 18.4 Å². The van der Waals surface area contributed by atoms with Gasteiger partial charge in [0, 0.05) is 7.05 Å². The molecule has 2 aromatic carbocycles. The molecule has 0 saturated carbocycles. The van der Waals surface area contributed by atoms with Crippen molar-refractivity contribution in [1.82, 2.24) is 14.5 Å². The second-order valence-corrected chi connectivity index (χ2v) is 7.06. The summed E-state index contributed by atoms with van der Waals surface area (Å²) in [5.41, 5.74) is 3.50. The van der Waals surface area contributed by atoms with Crippen molar-refractivity contribution < 1.29 is 0 Å². The van der Waals surface area contributed by atoms with Crippen LogP contribution >= 0.6 is 11.6 Å². The minimum Gasteiger partial charge on any atom is -0.329 e. The molecule has 1 aromatic heterocycles. The number of piperidine rings is 1. The zero-order valence-electron chi connectivity index (χ0n) is 14.0. The lowest BCUT2D eigenvalue weighted by molar-refractivity contribution is 0.199. The number of likely N-dealkylation sites (tertiary alicyclic amines) is 1. The Labute approximate surface area is 147 Å². The summed E-state index contributed by atoms with van der Waals surface area (Å²) >= 11 is 6.33. The van der Waals surface area contributed by atoms with E-state index in [-0.39, 0.29) is 0 Å². The van der Waals surface area contributed by atoms with E-state index in [1.54, 1.807) is 0 Å². The summed E-state index contributed by atoms with van der Waals surface area (Å²) < 4.78 is 2.14. The molecule has 4 heteroatoms. The molecule has 0 unspecified atom stereocenters. The highest BCUT2D eigenvalue weighted by atomic mass is 35.5. The fourth-order valence-corrected chi connectivity index (χ4v) is 4.06. The first-order valence-corrected chi connectivity index (χ1v) is 8.97. The van der Waals surface area contributed by atoms with Crippen molar-refractivity contribution in [2.75, 3.05) is 13.1 Å². The zero-order valence-corrected chi connectivity index (χ0v) is 14.7. The molecule has 0 aliphatic carbocycles. The monoisotopic (exact) mass is 339 g/mol. The van der Waals surface area contributed by atoms with Crippen LogP contribution < -0.4 is 0 Å². The molecule has 1 fully saturated rings. The molecule has 3 nitrogen and oxygen atoms in total. The van der Waals surface area contributed by atoms with Gasteiger partial charge >= 0.3 is 0 Å². The second kappa shape index (κ2) is 6.58. The van der Waals surface area contributed by atoms with Gasteiger partial charge in [-0.2, -0.15) is 0 Å². The number of fused-ring (bicyclic) bond motifs is 1. The van der Waals surface area contributed by atoms with Gasteiger partial charge in [0.2, 0.25) is 0 Å². The lowest BCUT2D eigenvalue weighted by Gasteiger charge is -2.31. The number of hydrogen-bond acceptors (Lipinski definition) is 2. The molecular formula is C20H22ClN3. The minimum absolute atomic E-state index is 0.692. The van der Waals surface area contributed by atoms with E-state index in [0.717, 1.165) is 41.5 Å². The Balaban J connectivity index is 1.46. The summed E-state index contributed by atoms with van der Waals surface area (Å²) in [5.74, 6) is 1.79. The summed E-state index contributed by atoms with van der Waals surface area (Å²) in [4.78, 5) is 7.29. The number of rotatable bonds is 3. The molecule has 124 valence electrons. The van der Waals surface area contributed by atoms with Gasteiger partial charge in [-0.1, -0.05) is 48.0 Å². The first-order valence-electron chi connectivity index (χ1n) is 8.59. The molecular weight excluding hydrogens is 318 g/mol. The van der Waals surface area contributed by atoms with Crippen LogP contribution in [0.25, 0.3) is 11.0 Å². The van der Waals surface area contributed by atoms with E-state index in [2.05, 4.69) is 46.8 Å². The van der Waals surface area contributed by atoms with Crippen molar-refractivity contribution in [2.45, 2.75) is 25.3 Å². The predicted molar refractivity (Wildman–Crippen MR) is 99.4 cm³/mol. The fraction of sp³-hybridized carbons (Fsp3) is 0.350. The summed E-state index contributed by atoms with van der Waals surface area (Å²) in [6.07, 6.45) is 2.43. The number of aromatic nitrogens is 2. The quantitative estimate of drug-likeness (QED) is 0.695. The van der Waals surface area contributed by atoms with E-state index < -0.39 is 0 Å². The lowest BCUT2D eigenvalue weighted by Crippen LogP contribution is -2.33. The number of hydrogen-bond donors (Lipinski definition) is 0. The van der Waals surface area contributed by atoms with Crippen LogP contribution in [0.2, 0.25) is 5.02 Å². The van der Waals surface area contributed by atoms with E-state index in [0.29, 0.717) is 5.92 Å². The number of imidazole rings is 1. The highest BCUT2D eigenvalue weighted by Gasteiger charge is 2.22. The van der Waals surface area contributed by atoms with Gasteiger partial charge in [0.25, 0.3) is 0 Å². The van der Waals surface area contributed by atoms with Crippen molar-refractivity contribution in [1.29, 1.82) is 0 Å². The number of aryl methyl sites for hydroxylation is 1. The Morgan fingerprint density at radius 2 is 1.79 bits per heavy atom. The predicted octanol–water partition coefficient (Wildman–Crippen LogP) is 4.61. The molecule has 1 aliphatic rings. The third-order valence-electron chi connectivity index (χ3n) is 5.16. The number of halogens is 1. The van der Waals surface area contributed by atoms with Crippen LogP contribution in [0.1, 0.15) is 30.1 Å². The van der Waals surface area contributed by atoms with Crippen molar-refractivity contribution in [3.8, 4) is 0 Å². The van der Waals surface area contributed by atoms with Gasteiger partial charge in [0.15, 0.2) is 0 Å². The first kappa shape index (κ1) is 15.7. The molecule has 4 rings (SSSR count). The summed E-state index contributed by atoms with van der Waals surface area (Å²) in [6, 6.07) is 16.8. The lowest BCUT2D eigenvalue weighted by atomic mass is 9.89. The van der Waals surface area contributed by atoms with Crippen LogP contribution in [-0.2, 0) is 13.6 Å². The molecule has 0 radical (unpaired) electrons. The third kappa shape index (κ3) is 2.94. The van der Waals surface area contributed by atoms with E-state index in [1.807, 2.05) is 18.2 Å². The van der Waals surface area contributed by atoms with E-state index >= 15 is 0 Å². The van der Waals surface area contributed by atoms with Gasteiger partial charge in [-0.25, -0.2) is 4.98 Å².